The van der Waals surface area contributed by atoms with Crippen molar-refractivity contribution in [3.8, 4) is 0 Å². The molecule has 0 aliphatic heterocycles. The molecule has 0 saturated carbocycles. The quantitative estimate of drug-likeness (QED) is 0.274. The summed E-state index contributed by atoms with van der Waals surface area (Å²) in [4.78, 5) is 0. The third-order valence-corrected chi connectivity index (χ3v) is 7.56. The number of aryl methyl sites for hydroxylation is 3. The molecule has 0 spiro atoms. The van der Waals surface area contributed by atoms with Gasteiger partial charge in [-0.05, 0) is 0 Å². The number of rotatable bonds is 6. The van der Waals surface area contributed by atoms with Crippen molar-refractivity contribution in [2.75, 3.05) is 0 Å². The predicted octanol–water partition coefficient (Wildman–Crippen LogP) is -1.04. The smallest absolute Gasteiger partial charge is 1.00 e. The minimum atomic E-state index is -0.316. The van der Waals surface area contributed by atoms with Gasteiger partial charge in [-0.25, -0.2) is 0 Å². The average molecular weight is 546 g/mol. The molecule has 0 heterocycles. The average Bonchev–Trinajstić information content (AvgIpc) is 3.11. The summed E-state index contributed by atoms with van der Waals surface area (Å²) in [6.45, 7) is 8.86. The summed E-state index contributed by atoms with van der Waals surface area (Å²) in [5.41, 5.74) is 9.08. The van der Waals surface area contributed by atoms with Gasteiger partial charge in [-0.3, -0.25) is 0 Å². The van der Waals surface area contributed by atoms with E-state index in [1.54, 1.807) is 0 Å². The Hall–Kier alpha value is -1.28. The van der Waals surface area contributed by atoms with E-state index in [0.29, 0.717) is 0 Å². The van der Waals surface area contributed by atoms with Crippen LogP contribution < -0.4 is 37.2 Å². The normalized spacial score (nSPS) is 16.7. The Balaban J connectivity index is 0.00000193. The predicted molar refractivity (Wildman–Crippen MR) is 128 cm³/mol. The largest absolute Gasteiger partial charge is 1.00 e. The van der Waals surface area contributed by atoms with E-state index in [1.165, 1.54) is 45.4 Å². The van der Waals surface area contributed by atoms with Crippen LogP contribution in [0.2, 0.25) is 3.72 Å². The van der Waals surface area contributed by atoms with Crippen LogP contribution in [0, 0.1) is 20.8 Å². The van der Waals surface area contributed by atoms with E-state index in [1.807, 2.05) is 0 Å². The fourth-order valence-electron chi connectivity index (χ4n) is 5.16. The second kappa shape index (κ2) is 12.6. The fraction of sp³-hybridized carbons (Fsp3) is 0.267. The van der Waals surface area contributed by atoms with Crippen LogP contribution in [0.15, 0.2) is 96.6 Å². The minimum Gasteiger partial charge on any atom is -1.00 e. The van der Waals surface area contributed by atoms with Crippen LogP contribution in [0.3, 0.4) is 0 Å². The van der Waals surface area contributed by atoms with Gasteiger partial charge < -0.3 is 37.2 Å². The van der Waals surface area contributed by atoms with Crippen molar-refractivity contribution in [3.63, 3.8) is 0 Å². The van der Waals surface area contributed by atoms with Gasteiger partial charge in [0, 0.05) is 0 Å². The zero-order valence-electron chi connectivity index (χ0n) is 20.2. The number of hydrogen-bond donors (Lipinski definition) is 0. The topological polar surface area (TPSA) is 0 Å². The molecule has 0 radical (unpaired) electrons. The third-order valence-electron chi connectivity index (χ3n) is 6.49. The van der Waals surface area contributed by atoms with Crippen LogP contribution in [0.25, 0.3) is 0 Å². The monoisotopic (exact) mass is 544 g/mol. The molecule has 1 aliphatic rings. The maximum atomic E-state index is 2.53. The van der Waals surface area contributed by atoms with E-state index in [9.17, 15) is 0 Å². The molecule has 0 saturated heterocycles. The summed E-state index contributed by atoms with van der Waals surface area (Å²) in [7, 11) is 0. The number of halogens is 3. The van der Waals surface area contributed by atoms with Crippen LogP contribution in [0.4, 0.5) is 0 Å². The Morgan fingerprint density at radius 3 is 1.47 bits per heavy atom. The van der Waals surface area contributed by atoms with E-state index in [-0.39, 0.29) is 46.4 Å². The standard InChI is InChI=1S/C30H31.3ClH.Ti/c1-5-9-25-16-17-29(21-25)30(26-13-6-10-22(2)18-26,27-14-7-11-23(3)19-27)28-15-8-12-24(4)20-28;;;;/h6-8,10-21H,5,9H2,1-4H3;3*1H;/q;;;;+3/p-3. The fourth-order valence-corrected chi connectivity index (χ4v) is 6.25. The molecule has 0 fully saturated rings. The Labute approximate surface area is 236 Å². The van der Waals surface area contributed by atoms with E-state index < -0.39 is 0 Å². The molecule has 1 atom stereocenters. The number of benzene rings is 3. The van der Waals surface area contributed by atoms with Crippen molar-refractivity contribution in [1.29, 1.82) is 0 Å². The van der Waals surface area contributed by atoms with Crippen molar-refractivity contribution in [2.45, 2.75) is 49.7 Å². The van der Waals surface area contributed by atoms with Gasteiger partial charge in [0.1, 0.15) is 0 Å². The summed E-state index contributed by atoms with van der Waals surface area (Å²) < 4.78 is -0.174. The van der Waals surface area contributed by atoms with Gasteiger partial charge in [-0.15, -0.1) is 0 Å². The molecular weight excluding hydrogens is 515 g/mol. The molecule has 1 unspecified atom stereocenters. The van der Waals surface area contributed by atoms with E-state index in [2.05, 4.69) is 139 Å². The molecule has 176 valence electrons. The molecule has 0 amide bonds. The SMILES string of the molecule is CCCC1=C[C]([Ti+3])(C(c2cccc(C)c2)(c2cccc(C)c2)c2cccc(C)c2)C=C1.[Cl-].[Cl-].[Cl-]. The first-order valence-corrected chi connectivity index (χ1v) is 12.0. The molecule has 34 heavy (non-hydrogen) atoms. The third kappa shape index (κ3) is 5.58. The molecule has 4 rings (SSSR count). The molecule has 0 nitrogen and oxygen atoms in total. The minimum absolute atomic E-state index is 0. The van der Waals surface area contributed by atoms with Gasteiger partial charge in [0.05, 0.1) is 0 Å². The van der Waals surface area contributed by atoms with Gasteiger partial charge in [-0.2, -0.15) is 0 Å². The molecular formula is C30H31Cl3Ti. The summed E-state index contributed by atoms with van der Waals surface area (Å²) in [6.07, 6.45) is 9.63. The van der Waals surface area contributed by atoms with Crippen LogP contribution in [0.1, 0.15) is 53.1 Å². The van der Waals surface area contributed by atoms with Crippen LogP contribution in [-0.2, 0) is 25.9 Å². The van der Waals surface area contributed by atoms with Crippen molar-refractivity contribution in [2.24, 2.45) is 0 Å². The second-order valence-electron chi connectivity index (χ2n) is 9.03. The van der Waals surface area contributed by atoms with Crippen molar-refractivity contribution in [3.05, 3.63) is 130 Å². The summed E-state index contributed by atoms with van der Waals surface area (Å²) >= 11 is 2.42. The first-order chi connectivity index (χ1) is 14.9. The molecule has 4 heteroatoms. The maximum Gasteiger partial charge on any atom is -1.00 e. The zero-order chi connectivity index (χ0) is 22.1. The maximum absolute atomic E-state index is 2.53. The van der Waals surface area contributed by atoms with Gasteiger partial charge in [0.15, 0.2) is 0 Å². The Morgan fingerprint density at radius 1 is 0.706 bits per heavy atom. The molecule has 3 aromatic rings. The molecule has 3 aromatic carbocycles. The first kappa shape index (κ1) is 30.8. The van der Waals surface area contributed by atoms with Gasteiger partial charge in [0.2, 0.25) is 0 Å². The van der Waals surface area contributed by atoms with E-state index in [0.717, 1.165) is 6.42 Å². The molecule has 0 bridgehead atoms. The van der Waals surface area contributed by atoms with Gasteiger partial charge in [0.25, 0.3) is 0 Å². The van der Waals surface area contributed by atoms with Crippen LogP contribution in [-0.4, -0.2) is 0 Å². The Bertz CT molecular complexity index is 1050. The van der Waals surface area contributed by atoms with E-state index in [4.69, 9.17) is 0 Å². The molecule has 0 aromatic heterocycles. The zero-order valence-corrected chi connectivity index (χ0v) is 24.0. The van der Waals surface area contributed by atoms with Crippen LogP contribution in [0.5, 0.6) is 0 Å². The molecule has 0 N–H and O–H groups in total. The van der Waals surface area contributed by atoms with Gasteiger partial charge >= 0.3 is 200 Å². The Kier molecular flexibility index (Phi) is 11.4. The van der Waals surface area contributed by atoms with Crippen molar-refractivity contribution < 1.29 is 57.7 Å². The van der Waals surface area contributed by atoms with Crippen LogP contribution >= 0.6 is 0 Å². The summed E-state index contributed by atoms with van der Waals surface area (Å²) in [6, 6.07) is 27.4. The number of allylic oxidation sites excluding steroid dienone is 4. The van der Waals surface area contributed by atoms with Gasteiger partial charge in [-0.1, -0.05) is 0 Å². The number of hydrogen-bond acceptors (Lipinski definition) is 0. The van der Waals surface area contributed by atoms with E-state index >= 15 is 0 Å². The summed E-state index contributed by atoms with van der Waals surface area (Å²) in [5, 5.41) is 0. The Morgan fingerprint density at radius 2 is 1.12 bits per heavy atom. The second-order valence-corrected chi connectivity index (χ2v) is 10.3. The van der Waals surface area contributed by atoms with Crippen molar-refractivity contribution in [1.82, 2.24) is 0 Å². The molecule has 1 aliphatic carbocycles. The first-order valence-electron chi connectivity index (χ1n) is 11.3. The summed E-state index contributed by atoms with van der Waals surface area (Å²) in [5.74, 6) is 0. The van der Waals surface area contributed by atoms with Crippen molar-refractivity contribution >= 4 is 0 Å².